The summed E-state index contributed by atoms with van der Waals surface area (Å²) < 4.78 is 20.9. The molecule has 1 atom stereocenters. The summed E-state index contributed by atoms with van der Waals surface area (Å²) in [5.41, 5.74) is 0.440. The van der Waals surface area contributed by atoms with Gasteiger partial charge in [0.2, 0.25) is 5.78 Å². The lowest BCUT2D eigenvalue weighted by Crippen LogP contribution is -2.31. The van der Waals surface area contributed by atoms with Gasteiger partial charge >= 0.3 is 0 Å². The van der Waals surface area contributed by atoms with Gasteiger partial charge in [-0.1, -0.05) is 35.6 Å². The number of carbonyl (C=O) groups excluding carboxylic acids is 2. The average molecular weight is 461 g/mol. The van der Waals surface area contributed by atoms with Crippen LogP contribution in [0.4, 0.5) is 9.52 Å². The number of fused-ring (bicyclic) bond motifs is 1. The predicted molar refractivity (Wildman–Crippen MR) is 121 cm³/mol. The second-order valence-corrected chi connectivity index (χ2v) is 8.24. The van der Waals surface area contributed by atoms with E-state index < -0.39 is 29.3 Å². The quantitative estimate of drug-likeness (QED) is 0.436. The maximum atomic E-state index is 14.9. The van der Waals surface area contributed by atoms with Crippen LogP contribution in [0.15, 0.2) is 78.2 Å². The molecule has 0 radical (unpaired) electrons. The summed E-state index contributed by atoms with van der Waals surface area (Å²) in [7, 11) is 1.54. The van der Waals surface area contributed by atoms with E-state index in [4.69, 9.17) is 4.74 Å². The molecule has 0 saturated heterocycles. The first kappa shape index (κ1) is 20.8. The summed E-state index contributed by atoms with van der Waals surface area (Å²) in [5, 5.41) is 11.0. The smallest absolute Gasteiger partial charge is 0.296 e. The topological polar surface area (TPSA) is 92.6 Å². The van der Waals surface area contributed by atoms with Crippen LogP contribution in [0.25, 0.3) is 10.2 Å². The van der Waals surface area contributed by atoms with Gasteiger partial charge in [0.25, 0.3) is 5.91 Å². The lowest BCUT2D eigenvalue weighted by atomic mass is 9.94. The number of halogens is 1. The molecule has 1 aliphatic rings. The highest BCUT2D eigenvalue weighted by atomic mass is 32.1. The molecule has 164 valence electrons. The minimum Gasteiger partial charge on any atom is -0.503 e. The summed E-state index contributed by atoms with van der Waals surface area (Å²) in [6.07, 6.45) is 1.43. The number of thiazole rings is 1. The Morgan fingerprint density at radius 2 is 1.94 bits per heavy atom. The zero-order valence-electron chi connectivity index (χ0n) is 17.2. The fourth-order valence-electron chi connectivity index (χ4n) is 3.78. The SMILES string of the molecule is COc1ccc2nc(N3C(=O)C(O)=C(C(=O)c4ccccn4)C3c3ccccc3F)sc2c1. The van der Waals surface area contributed by atoms with Gasteiger partial charge in [0.15, 0.2) is 10.9 Å². The molecule has 4 aromatic rings. The minimum atomic E-state index is -1.21. The number of aliphatic hydroxyl groups is 1. The van der Waals surface area contributed by atoms with Crippen molar-refractivity contribution in [1.29, 1.82) is 0 Å². The molecule has 7 nitrogen and oxygen atoms in total. The van der Waals surface area contributed by atoms with E-state index in [-0.39, 0.29) is 22.0 Å². The summed E-state index contributed by atoms with van der Waals surface area (Å²) in [5.74, 6) is -2.27. The van der Waals surface area contributed by atoms with Gasteiger partial charge in [-0.2, -0.15) is 0 Å². The van der Waals surface area contributed by atoms with Crippen molar-refractivity contribution in [2.45, 2.75) is 6.04 Å². The molecular weight excluding hydrogens is 445 g/mol. The number of methoxy groups -OCH3 is 1. The number of hydrogen-bond acceptors (Lipinski definition) is 7. The minimum absolute atomic E-state index is 0.0316. The van der Waals surface area contributed by atoms with Gasteiger partial charge in [-0.3, -0.25) is 19.5 Å². The van der Waals surface area contributed by atoms with Crippen molar-refractivity contribution in [1.82, 2.24) is 9.97 Å². The Balaban J connectivity index is 1.69. The van der Waals surface area contributed by atoms with E-state index in [1.807, 2.05) is 0 Å². The van der Waals surface area contributed by atoms with Gasteiger partial charge in [-0.15, -0.1) is 0 Å². The van der Waals surface area contributed by atoms with Crippen LogP contribution in [-0.2, 0) is 4.79 Å². The van der Waals surface area contributed by atoms with Crippen LogP contribution in [0.2, 0.25) is 0 Å². The molecule has 33 heavy (non-hydrogen) atoms. The van der Waals surface area contributed by atoms with E-state index in [0.29, 0.717) is 11.3 Å². The molecule has 0 saturated carbocycles. The average Bonchev–Trinajstić information content (AvgIpc) is 3.37. The molecule has 1 N–H and O–H groups in total. The zero-order chi connectivity index (χ0) is 23.1. The molecule has 2 aromatic heterocycles. The first-order valence-electron chi connectivity index (χ1n) is 9.91. The Bertz CT molecular complexity index is 1430. The van der Waals surface area contributed by atoms with Crippen molar-refractivity contribution in [3.05, 3.63) is 95.3 Å². The highest BCUT2D eigenvalue weighted by molar-refractivity contribution is 7.22. The number of aliphatic hydroxyl groups excluding tert-OH is 1. The standard InChI is InChI=1S/C24H16FN3O4S/c1-32-13-9-10-16-18(12-13)33-24(27-16)28-20(14-6-2-3-7-15(14)25)19(22(30)23(28)31)21(29)17-8-4-5-11-26-17/h2-12,20,30H,1H3. The third-order valence-electron chi connectivity index (χ3n) is 5.34. The van der Waals surface area contributed by atoms with E-state index in [1.165, 1.54) is 41.8 Å². The van der Waals surface area contributed by atoms with Crippen molar-refractivity contribution in [2.24, 2.45) is 0 Å². The molecule has 0 fully saturated rings. The van der Waals surface area contributed by atoms with Gasteiger partial charge in [0, 0.05) is 11.8 Å². The number of aromatic nitrogens is 2. The fraction of sp³-hybridized carbons (Fsp3) is 0.0833. The normalized spacial score (nSPS) is 16.0. The fourth-order valence-corrected chi connectivity index (χ4v) is 4.80. The summed E-state index contributed by atoms with van der Waals surface area (Å²) >= 11 is 1.17. The summed E-state index contributed by atoms with van der Waals surface area (Å²) in [6.45, 7) is 0. The second-order valence-electron chi connectivity index (χ2n) is 7.24. The Morgan fingerprint density at radius 1 is 1.15 bits per heavy atom. The Labute approximate surface area is 191 Å². The molecule has 3 heterocycles. The van der Waals surface area contributed by atoms with Gasteiger partial charge < -0.3 is 9.84 Å². The zero-order valence-corrected chi connectivity index (χ0v) is 18.0. The van der Waals surface area contributed by atoms with Crippen molar-refractivity contribution < 1.29 is 23.8 Å². The highest BCUT2D eigenvalue weighted by Crippen LogP contribution is 2.44. The number of nitrogens with zero attached hydrogens (tertiary/aromatic N) is 3. The molecule has 1 aliphatic heterocycles. The number of Topliss-reactive ketones (excluding diaryl/α,β-unsaturated/α-hetero) is 1. The first-order chi connectivity index (χ1) is 16.0. The van der Waals surface area contributed by atoms with Crippen molar-refractivity contribution in [3.63, 3.8) is 0 Å². The van der Waals surface area contributed by atoms with Gasteiger partial charge in [-0.25, -0.2) is 9.37 Å². The van der Waals surface area contributed by atoms with Crippen molar-refractivity contribution in [2.75, 3.05) is 12.0 Å². The number of rotatable bonds is 5. The number of ether oxygens (including phenoxy) is 1. The summed E-state index contributed by atoms with van der Waals surface area (Å²) in [4.78, 5) is 36.2. The van der Waals surface area contributed by atoms with E-state index in [2.05, 4.69) is 9.97 Å². The molecule has 2 aromatic carbocycles. The number of ketones is 1. The number of amides is 1. The van der Waals surface area contributed by atoms with E-state index in [9.17, 15) is 19.1 Å². The van der Waals surface area contributed by atoms with Crippen LogP contribution in [-0.4, -0.2) is 33.9 Å². The van der Waals surface area contributed by atoms with Crippen LogP contribution in [0.3, 0.4) is 0 Å². The third kappa shape index (κ3) is 3.42. The van der Waals surface area contributed by atoms with Gasteiger partial charge in [-0.05, 0) is 36.4 Å². The molecule has 5 rings (SSSR count). The molecule has 0 bridgehead atoms. The molecule has 1 amide bonds. The monoisotopic (exact) mass is 461 g/mol. The highest BCUT2D eigenvalue weighted by Gasteiger charge is 2.47. The molecular formula is C24H16FN3O4S. The number of hydrogen-bond donors (Lipinski definition) is 1. The van der Waals surface area contributed by atoms with Crippen LogP contribution in [0.5, 0.6) is 5.75 Å². The number of benzene rings is 2. The Hall–Kier alpha value is -4.11. The number of pyridine rings is 1. The number of carbonyl (C=O) groups is 2. The first-order valence-corrected chi connectivity index (χ1v) is 10.7. The molecule has 0 aliphatic carbocycles. The molecule has 0 spiro atoms. The lowest BCUT2D eigenvalue weighted by molar-refractivity contribution is -0.117. The van der Waals surface area contributed by atoms with E-state index in [0.717, 1.165) is 9.60 Å². The van der Waals surface area contributed by atoms with Crippen LogP contribution in [0, 0.1) is 5.82 Å². The van der Waals surface area contributed by atoms with Crippen LogP contribution >= 0.6 is 11.3 Å². The number of anilines is 1. The van der Waals surface area contributed by atoms with Crippen molar-refractivity contribution in [3.8, 4) is 5.75 Å². The molecule has 1 unspecified atom stereocenters. The van der Waals surface area contributed by atoms with Crippen molar-refractivity contribution >= 4 is 38.4 Å². The maximum Gasteiger partial charge on any atom is 0.296 e. The molecule has 9 heteroatoms. The largest absolute Gasteiger partial charge is 0.503 e. The third-order valence-corrected chi connectivity index (χ3v) is 6.36. The Kier molecular flexibility index (Phi) is 5.10. The van der Waals surface area contributed by atoms with E-state index >= 15 is 0 Å². The predicted octanol–water partition coefficient (Wildman–Crippen LogP) is 4.62. The van der Waals surface area contributed by atoms with Crippen LogP contribution in [0.1, 0.15) is 22.1 Å². The van der Waals surface area contributed by atoms with Gasteiger partial charge in [0.05, 0.1) is 22.9 Å². The Morgan fingerprint density at radius 3 is 2.67 bits per heavy atom. The lowest BCUT2D eigenvalue weighted by Gasteiger charge is -2.24. The van der Waals surface area contributed by atoms with E-state index in [1.54, 1.807) is 43.5 Å². The second kappa shape index (κ2) is 8.10. The van der Waals surface area contributed by atoms with Crippen LogP contribution < -0.4 is 9.64 Å². The summed E-state index contributed by atoms with van der Waals surface area (Å²) in [6, 6.07) is 14.6. The maximum absolute atomic E-state index is 14.9. The van der Waals surface area contributed by atoms with Gasteiger partial charge in [0.1, 0.15) is 23.3 Å².